The lowest BCUT2D eigenvalue weighted by atomic mass is 10.1. The van der Waals surface area contributed by atoms with Crippen molar-refractivity contribution in [2.45, 2.75) is 37.8 Å². The number of rotatable bonds is 11. The van der Waals surface area contributed by atoms with Gasteiger partial charge >= 0.3 is 5.69 Å². The van der Waals surface area contributed by atoms with E-state index in [9.17, 15) is 4.79 Å². The normalized spacial score (nSPS) is 21.0. The number of aromatic nitrogens is 6. The van der Waals surface area contributed by atoms with Crippen molar-refractivity contribution in [1.82, 2.24) is 29.1 Å². The van der Waals surface area contributed by atoms with Gasteiger partial charge < -0.3 is 24.0 Å². The second-order valence-corrected chi connectivity index (χ2v) is 13.6. The molecule has 12 nitrogen and oxygen atoms in total. The van der Waals surface area contributed by atoms with Crippen LogP contribution in [0.15, 0.2) is 90.5 Å². The molecule has 1 saturated carbocycles. The standard InChI is InChI=1S/C35H36Cl2N8O4/c36-26-3-12-32(33(37)17-26)35(21-43-23-38-22-39-43)48-20-31(49-35)19-47-30-10-8-28(9-11-30)42-15-13-41(14-16-42)27-4-6-29(7-5-27)44-24-40-45(34(44)46)18-25-1-2-25/h3-12,17,22-25,31H,1-2,13-16,18-21H2/t31-,35?/m1/s1. The molecule has 8 rings (SSSR count). The van der Waals surface area contributed by atoms with Gasteiger partial charge in [0.05, 0.1) is 17.3 Å². The van der Waals surface area contributed by atoms with Crippen LogP contribution in [0.4, 0.5) is 11.4 Å². The molecule has 14 heteroatoms. The maximum atomic E-state index is 12.8. The molecule has 2 aliphatic heterocycles. The summed E-state index contributed by atoms with van der Waals surface area (Å²) in [5.74, 6) is 0.194. The first-order valence-electron chi connectivity index (χ1n) is 16.5. The number of nitrogens with zero attached hydrogens (tertiary/aromatic N) is 8. The van der Waals surface area contributed by atoms with Gasteiger partial charge in [-0.1, -0.05) is 29.3 Å². The summed E-state index contributed by atoms with van der Waals surface area (Å²) in [6.07, 6.45) is 6.74. The lowest BCUT2D eigenvalue weighted by Gasteiger charge is -2.37. The molecular formula is C35H36Cl2N8O4. The van der Waals surface area contributed by atoms with Crippen LogP contribution in [0.5, 0.6) is 5.75 Å². The molecule has 0 spiro atoms. The molecule has 4 heterocycles. The summed E-state index contributed by atoms with van der Waals surface area (Å²) in [6, 6.07) is 21.6. The first-order valence-corrected chi connectivity index (χ1v) is 17.3. The number of anilines is 2. The molecule has 2 saturated heterocycles. The maximum absolute atomic E-state index is 12.8. The Morgan fingerprint density at radius 1 is 0.857 bits per heavy atom. The predicted octanol–water partition coefficient (Wildman–Crippen LogP) is 5.02. The number of benzene rings is 3. The van der Waals surface area contributed by atoms with Gasteiger partial charge in [0.2, 0.25) is 5.79 Å². The van der Waals surface area contributed by atoms with Gasteiger partial charge in [0.1, 0.15) is 44.0 Å². The highest BCUT2D eigenvalue weighted by molar-refractivity contribution is 6.35. The molecule has 0 radical (unpaired) electrons. The zero-order chi connectivity index (χ0) is 33.4. The van der Waals surface area contributed by atoms with Crippen LogP contribution in [0.25, 0.3) is 5.69 Å². The summed E-state index contributed by atoms with van der Waals surface area (Å²) in [5, 5.41) is 9.52. The van der Waals surface area contributed by atoms with Crippen molar-refractivity contribution in [3.05, 3.63) is 112 Å². The fourth-order valence-electron chi connectivity index (χ4n) is 6.46. The van der Waals surface area contributed by atoms with Gasteiger partial charge in [-0.2, -0.15) is 10.2 Å². The Morgan fingerprint density at radius 3 is 2.20 bits per heavy atom. The van der Waals surface area contributed by atoms with Crippen LogP contribution in [0, 0.1) is 5.92 Å². The second-order valence-electron chi connectivity index (χ2n) is 12.7. The van der Waals surface area contributed by atoms with Crippen molar-refractivity contribution in [3.8, 4) is 11.4 Å². The van der Waals surface area contributed by atoms with E-state index < -0.39 is 5.79 Å². The molecule has 254 valence electrons. The first-order chi connectivity index (χ1) is 23.9. The molecule has 49 heavy (non-hydrogen) atoms. The zero-order valence-corrected chi connectivity index (χ0v) is 28.3. The fraction of sp³-hybridized carbons (Fsp3) is 0.371. The zero-order valence-electron chi connectivity index (χ0n) is 26.8. The quantitative estimate of drug-likeness (QED) is 0.188. The Morgan fingerprint density at radius 2 is 1.55 bits per heavy atom. The van der Waals surface area contributed by atoms with E-state index >= 15 is 0 Å². The van der Waals surface area contributed by atoms with E-state index in [0.717, 1.165) is 49.0 Å². The van der Waals surface area contributed by atoms with E-state index in [1.807, 2.05) is 30.3 Å². The third-order valence-electron chi connectivity index (χ3n) is 9.31. The van der Waals surface area contributed by atoms with Crippen molar-refractivity contribution in [3.63, 3.8) is 0 Å². The highest BCUT2D eigenvalue weighted by atomic mass is 35.5. The van der Waals surface area contributed by atoms with E-state index in [1.165, 1.54) is 19.2 Å². The van der Waals surface area contributed by atoms with Crippen molar-refractivity contribution in [2.75, 3.05) is 49.2 Å². The van der Waals surface area contributed by atoms with Crippen molar-refractivity contribution in [1.29, 1.82) is 0 Å². The molecule has 3 fully saturated rings. The minimum atomic E-state index is -1.16. The number of halogens is 2. The molecule has 0 amide bonds. The van der Waals surface area contributed by atoms with Crippen LogP contribution < -0.4 is 20.2 Å². The highest BCUT2D eigenvalue weighted by Gasteiger charge is 2.45. The Bertz CT molecular complexity index is 1940. The van der Waals surface area contributed by atoms with Gasteiger partial charge in [-0.05, 0) is 79.4 Å². The molecule has 0 N–H and O–H groups in total. The van der Waals surface area contributed by atoms with Gasteiger partial charge in [-0.15, -0.1) is 0 Å². The molecule has 1 unspecified atom stereocenters. The Balaban J connectivity index is 0.844. The average molecular weight is 704 g/mol. The number of hydrogen-bond acceptors (Lipinski definition) is 9. The summed E-state index contributed by atoms with van der Waals surface area (Å²) in [6.45, 7) is 5.18. The minimum absolute atomic E-state index is 0.0773. The lowest BCUT2D eigenvalue weighted by molar-refractivity contribution is -0.190. The minimum Gasteiger partial charge on any atom is -0.491 e. The van der Waals surface area contributed by atoms with Gasteiger partial charge in [-0.3, -0.25) is 0 Å². The van der Waals surface area contributed by atoms with Gasteiger partial charge in [-0.25, -0.2) is 23.7 Å². The summed E-state index contributed by atoms with van der Waals surface area (Å²) >= 11 is 12.7. The van der Waals surface area contributed by atoms with Gasteiger partial charge in [0.15, 0.2) is 0 Å². The molecule has 5 aromatic rings. The van der Waals surface area contributed by atoms with Crippen molar-refractivity contribution < 1.29 is 14.2 Å². The van der Waals surface area contributed by atoms with Crippen LogP contribution in [0.3, 0.4) is 0 Å². The van der Waals surface area contributed by atoms with E-state index in [-0.39, 0.29) is 18.3 Å². The smallest absolute Gasteiger partial charge is 0.350 e. The van der Waals surface area contributed by atoms with E-state index in [4.69, 9.17) is 37.4 Å². The molecule has 0 bridgehead atoms. The number of ether oxygens (including phenoxy) is 3. The van der Waals surface area contributed by atoms with E-state index in [0.29, 0.717) is 41.3 Å². The van der Waals surface area contributed by atoms with Crippen molar-refractivity contribution in [2.24, 2.45) is 5.92 Å². The summed E-state index contributed by atoms with van der Waals surface area (Å²) in [5.41, 5.74) is 3.72. The lowest BCUT2D eigenvalue weighted by Crippen LogP contribution is -2.46. The first kappa shape index (κ1) is 31.9. The van der Waals surface area contributed by atoms with Crippen LogP contribution in [-0.4, -0.2) is 74.6 Å². The molecule has 2 aromatic heterocycles. The SMILES string of the molecule is O=c1n(-c2ccc(N3CCN(c4ccc(OC[C@@H]5COC(Cn6cncn6)(c6ccc(Cl)cc6Cl)O5)cc4)CC3)cc2)cnn1CC1CC1. The third-order valence-corrected chi connectivity index (χ3v) is 9.86. The second kappa shape index (κ2) is 13.5. The largest absolute Gasteiger partial charge is 0.491 e. The third kappa shape index (κ3) is 6.91. The fourth-order valence-corrected chi connectivity index (χ4v) is 7.01. The van der Waals surface area contributed by atoms with Crippen LogP contribution >= 0.6 is 23.2 Å². The molecule has 3 aliphatic rings. The Labute approximate surface area is 293 Å². The molecule has 2 atom stereocenters. The van der Waals surface area contributed by atoms with Crippen LogP contribution in [0.2, 0.25) is 10.0 Å². The maximum Gasteiger partial charge on any atom is 0.350 e. The summed E-state index contributed by atoms with van der Waals surface area (Å²) in [7, 11) is 0. The van der Waals surface area contributed by atoms with E-state index in [2.05, 4.69) is 49.2 Å². The predicted molar refractivity (Wildman–Crippen MR) is 186 cm³/mol. The van der Waals surface area contributed by atoms with Gasteiger partial charge in [0, 0.05) is 54.7 Å². The molecule has 1 aliphatic carbocycles. The number of hydrogen-bond donors (Lipinski definition) is 0. The monoisotopic (exact) mass is 702 g/mol. The van der Waals surface area contributed by atoms with Crippen LogP contribution in [0.1, 0.15) is 18.4 Å². The summed E-state index contributed by atoms with van der Waals surface area (Å²) < 4.78 is 23.7. The van der Waals surface area contributed by atoms with E-state index in [1.54, 1.807) is 38.7 Å². The van der Waals surface area contributed by atoms with Gasteiger partial charge in [0.25, 0.3) is 0 Å². The van der Waals surface area contributed by atoms with Crippen molar-refractivity contribution >= 4 is 34.6 Å². The molecular weight excluding hydrogens is 667 g/mol. The highest BCUT2D eigenvalue weighted by Crippen LogP contribution is 2.40. The summed E-state index contributed by atoms with van der Waals surface area (Å²) in [4.78, 5) is 21.6. The Kier molecular flexibility index (Phi) is 8.79. The Hall–Kier alpha value is -4.36. The van der Waals surface area contributed by atoms with Crippen LogP contribution in [-0.2, 0) is 28.4 Å². The topological polar surface area (TPSA) is 105 Å². The molecule has 3 aromatic carbocycles. The average Bonchev–Trinajstić information content (AvgIpc) is 3.43. The number of piperazine rings is 1.